The van der Waals surface area contributed by atoms with Gasteiger partial charge in [-0.25, -0.2) is 0 Å². The molecule has 14 heavy (non-hydrogen) atoms. The third-order valence-corrected chi connectivity index (χ3v) is 2.34. The fourth-order valence-electron chi connectivity index (χ4n) is 1.79. The van der Waals surface area contributed by atoms with Gasteiger partial charge in [0.25, 0.3) is 0 Å². The van der Waals surface area contributed by atoms with Crippen molar-refractivity contribution in [1.29, 1.82) is 0 Å². The van der Waals surface area contributed by atoms with Gasteiger partial charge in [0, 0.05) is 37.8 Å². The highest BCUT2D eigenvalue weighted by Gasteiger charge is 2.22. The first-order valence-electron chi connectivity index (χ1n) is 5.57. The molecule has 0 aliphatic carbocycles. The lowest BCUT2D eigenvalue weighted by atomic mass is 10.0. The second kappa shape index (κ2) is 6.38. The molecule has 86 valence electrons. The molecule has 0 atom stereocenters. The standard InChI is InChI=1S/C11H27N3/c1-10(2)14(11(3,4)5)9-8-13-7-6-12/h10,13H,6-9,12H2,1-5H3. The molecule has 0 unspecified atom stereocenters. The molecule has 0 radical (unpaired) electrons. The Morgan fingerprint density at radius 3 is 2.14 bits per heavy atom. The molecule has 0 rings (SSSR count). The van der Waals surface area contributed by atoms with Crippen molar-refractivity contribution in [3.05, 3.63) is 0 Å². The van der Waals surface area contributed by atoms with Crippen molar-refractivity contribution in [2.75, 3.05) is 26.2 Å². The van der Waals surface area contributed by atoms with Crippen LogP contribution in [0.2, 0.25) is 0 Å². The average Bonchev–Trinajstić information content (AvgIpc) is 2.01. The van der Waals surface area contributed by atoms with Crippen molar-refractivity contribution in [1.82, 2.24) is 10.2 Å². The van der Waals surface area contributed by atoms with Crippen LogP contribution >= 0.6 is 0 Å². The minimum Gasteiger partial charge on any atom is -0.329 e. The Labute approximate surface area is 89.0 Å². The largest absolute Gasteiger partial charge is 0.329 e. The summed E-state index contributed by atoms with van der Waals surface area (Å²) in [5.74, 6) is 0. The predicted molar refractivity (Wildman–Crippen MR) is 63.5 cm³/mol. The molecule has 0 aromatic rings. The zero-order chi connectivity index (χ0) is 11.2. The van der Waals surface area contributed by atoms with Crippen molar-refractivity contribution in [3.63, 3.8) is 0 Å². The summed E-state index contributed by atoms with van der Waals surface area (Å²) in [6.45, 7) is 15.0. The maximum atomic E-state index is 5.41. The molecule has 0 aromatic carbocycles. The van der Waals surface area contributed by atoms with Crippen molar-refractivity contribution in [2.45, 2.75) is 46.2 Å². The fraction of sp³-hybridized carbons (Fsp3) is 1.00. The topological polar surface area (TPSA) is 41.3 Å². The third-order valence-electron chi connectivity index (χ3n) is 2.34. The van der Waals surface area contributed by atoms with Crippen molar-refractivity contribution >= 4 is 0 Å². The van der Waals surface area contributed by atoms with E-state index in [0.29, 0.717) is 6.04 Å². The van der Waals surface area contributed by atoms with E-state index in [4.69, 9.17) is 5.73 Å². The molecule has 0 fully saturated rings. The van der Waals surface area contributed by atoms with Crippen LogP contribution in [-0.2, 0) is 0 Å². The average molecular weight is 201 g/mol. The van der Waals surface area contributed by atoms with E-state index in [2.05, 4.69) is 44.8 Å². The number of nitrogens with two attached hydrogens (primary N) is 1. The van der Waals surface area contributed by atoms with E-state index < -0.39 is 0 Å². The number of nitrogens with one attached hydrogen (secondary N) is 1. The molecule has 0 spiro atoms. The van der Waals surface area contributed by atoms with E-state index in [1.807, 2.05) is 0 Å². The van der Waals surface area contributed by atoms with Crippen LogP contribution in [0.3, 0.4) is 0 Å². The second-order valence-electron chi connectivity index (χ2n) is 5.00. The number of hydrogen-bond acceptors (Lipinski definition) is 3. The maximum absolute atomic E-state index is 5.41. The summed E-state index contributed by atoms with van der Waals surface area (Å²) < 4.78 is 0. The van der Waals surface area contributed by atoms with Gasteiger partial charge in [-0.3, -0.25) is 4.90 Å². The van der Waals surface area contributed by atoms with Gasteiger partial charge < -0.3 is 11.1 Å². The zero-order valence-electron chi connectivity index (χ0n) is 10.4. The van der Waals surface area contributed by atoms with Crippen LogP contribution in [0.1, 0.15) is 34.6 Å². The Balaban J connectivity index is 3.87. The lowest BCUT2D eigenvalue weighted by molar-refractivity contribution is 0.100. The SMILES string of the molecule is CC(C)N(CCNCCN)C(C)(C)C. The number of hydrogen-bond donors (Lipinski definition) is 2. The van der Waals surface area contributed by atoms with Crippen LogP contribution in [-0.4, -0.2) is 42.7 Å². The highest BCUT2D eigenvalue weighted by molar-refractivity contribution is 4.79. The van der Waals surface area contributed by atoms with Gasteiger partial charge in [0.2, 0.25) is 0 Å². The summed E-state index contributed by atoms with van der Waals surface area (Å²) in [5, 5.41) is 3.33. The minimum absolute atomic E-state index is 0.249. The summed E-state index contributed by atoms with van der Waals surface area (Å²) in [4.78, 5) is 2.50. The number of nitrogens with zero attached hydrogens (tertiary/aromatic N) is 1. The Morgan fingerprint density at radius 1 is 1.21 bits per heavy atom. The molecule has 0 bridgehead atoms. The van der Waals surface area contributed by atoms with Crippen LogP contribution < -0.4 is 11.1 Å². The molecule has 0 aromatic heterocycles. The van der Waals surface area contributed by atoms with Crippen molar-refractivity contribution in [2.24, 2.45) is 5.73 Å². The Kier molecular flexibility index (Phi) is 6.33. The van der Waals surface area contributed by atoms with Crippen molar-refractivity contribution in [3.8, 4) is 0 Å². The monoisotopic (exact) mass is 201 g/mol. The summed E-state index contributed by atoms with van der Waals surface area (Å²) in [5.41, 5.74) is 5.66. The molecule has 0 saturated heterocycles. The molecule has 3 N–H and O–H groups in total. The molecule has 0 aliphatic rings. The predicted octanol–water partition coefficient (Wildman–Crippen LogP) is 1.04. The second-order valence-corrected chi connectivity index (χ2v) is 5.00. The molecule has 0 saturated carbocycles. The molecular weight excluding hydrogens is 174 g/mol. The molecule has 0 aliphatic heterocycles. The van der Waals surface area contributed by atoms with Gasteiger partial charge in [-0.1, -0.05) is 0 Å². The quantitative estimate of drug-likeness (QED) is 0.631. The van der Waals surface area contributed by atoms with E-state index in [1.165, 1.54) is 0 Å². The van der Waals surface area contributed by atoms with E-state index >= 15 is 0 Å². The Hall–Kier alpha value is -0.120. The lowest BCUT2D eigenvalue weighted by Crippen LogP contribution is -2.48. The van der Waals surface area contributed by atoms with Gasteiger partial charge in [0.05, 0.1) is 0 Å². The van der Waals surface area contributed by atoms with Gasteiger partial charge >= 0.3 is 0 Å². The number of rotatable bonds is 6. The minimum atomic E-state index is 0.249. The van der Waals surface area contributed by atoms with Gasteiger partial charge in [-0.2, -0.15) is 0 Å². The first-order valence-corrected chi connectivity index (χ1v) is 5.57. The zero-order valence-corrected chi connectivity index (χ0v) is 10.4. The molecule has 0 amide bonds. The Morgan fingerprint density at radius 2 is 1.79 bits per heavy atom. The van der Waals surface area contributed by atoms with E-state index in [0.717, 1.165) is 26.2 Å². The van der Waals surface area contributed by atoms with Crippen molar-refractivity contribution < 1.29 is 0 Å². The molecular formula is C11H27N3. The fourth-order valence-corrected chi connectivity index (χ4v) is 1.79. The van der Waals surface area contributed by atoms with Crippen LogP contribution in [0.15, 0.2) is 0 Å². The van der Waals surface area contributed by atoms with E-state index in [9.17, 15) is 0 Å². The summed E-state index contributed by atoms with van der Waals surface area (Å²) in [7, 11) is 0. The van der Waals surface area contributed by atoms with Gasteiger partial charge in [0.1, 0.15) is 0 Å². The molecule has 3 nitrogen and oxygen atoms in total. The smallest absolute Gasteiger partial charge is 0.0128 e. The summed E-state index contributed by atoms with van der Waals surface area (Å²) in [6, 6.07) is 0.592. The first-order chi connectivity index (χ1) is 6.39. The normalized spacial score (nSPS) is 12.9. The van der Waals surface area contributed by atoms with Crippen LogP contribution in [0.4, 0.5) is 0 Å². The van der Waals surface area contributed by atoms with E-state index in [1.54, 1.807) is 0 Å². The Bertz CT molecular complexity index is 138. The van der Waals surface area contributed by atoms with Crippen LogP contribution in [0.25, 0.3) is 0 Å². The van der Waals surface area contributed by atoms with E-state index in [-0.39, 0.29) is 5.54 Å². The first kappa shape index (κ1) is 13.9. The molecule has 3 heteroatoms. The maximum Gasteiger partial charge on any atom is 0.0128 e. The lowest BCUT2D eigenvalue weighted by Gasteiger charge is -2.39. The highest BCUT2D eigenvalue weighted by atomic mass is 15.2. The van der Waals surface area contributed by atoms with Crippen LogP contribution in [0.5, 0.6) is 0 Å². The third kappa shape index (κ3) is 5.58. The summed E-state index contributed by atoms with van der Waals surface area (Å²) in [6.07, 6.45) is 0. The van der Waals surface area contributed by atoms with Crippen LogP contribution in [0, 0.1) is 0 Å². The van der Waals surface area contributed by atoms with Gasteiger partial charge in [-0.15, -0.1) is 0 Å². The summed E-state index contributed by atoms with van der Waals surface area (Å²) >= 11 is 0. The van der Waals surface area contributed by atoms with Gasteiger partial charge in [0.15, 0.2) is 0 Å². The van der Waals surface area contributed by atoms with Gasteiger partial charge in [-0.05, 0) is 34.6 Å². The highest BCUT2D eigenvalue weighted by Crippen LogP contribution is 2.15. The molecule has 0 heterocycles.